The number of rotatable bonds is 1. The van der Waals surface area contributed by atoms with Crippen LogP contribution in [0.2, 0.25) is 0 Å². The molecule has 0 saturated carbocycles. The molecule has 0 aliphatic carbocycles. The van der Waals surface area contributed by atoms with Gasteiger partial charge in [0.2, 0.25) is 0 Å². The Morgan fingerprint density at radius 2 is 1.81 bits per heavy atom. The SMILES string of the molecule is ClCCCl.O=C(O)n1ccc2ccccc21. The van der Waals surface area contributed by atoms with Gasteiger partial charge in [-0.1, -0.05) is 18.2 Å². The van der Waals surface area contributed by atoms with Crippen molar-refractivity contribution in [2.24, 2.45) is 0 Å². The Kier molecular flexibility index (Phi) is 5.15. The summed E-state index contributed by atoms with van der Waals surface area (Å²) in [5.74, 6) is 1.11. The van der Waals surface area contributed by atoms with E-state index in [4.69, 9.17) is 28.3 Å². The summed E-state index contributed by atoms with van der Waals surface area (Å²) in [6.45, 7) is 0. The van der Waals surface area contributed by atoms with E-state index < -0.39 is 6.09 Å². The molecule has 16 heavy (non-hydrogen) atoms. The number of carboxylic acid groups (broad SMARTS) is 1. The number of carbonyl (C=O) groups is 1. The molecule has 2 aromatic rings. The van der Waals surface area contributed by atoms with Gasteiger partial charge < -0.3 is 5.11 Å². The number of aromatic nitrogens is 1. The fraction of sp³-hybridized carbons (Fsp3) is 0.182. The van der Waals surface area contributed by atoms with Crippen LogP contribution < -0.4 is 0 Å². The van der Waals surface area contributed by atoms with E-state index in [2.05, 4.69) is 0 Å². The number of halogens is 2. The van der Waals surface area contributed by atoms with Crippen LogP contribution in [0.15, 0.2) is 36.5 Å². The van der Waals surface area contributed by atoms with Crippen LogP contribution in [0.5, 0.6) is 0 Å². The Balaban J connectivity index is 0.000000280. The van der Waals surface area contributed by atoms with Gasteiger partial charge in [-0.3, -0.25) is 4.57 Å². The van der Waals surface area contributed by atoms with E-state index in [1.54, 1.807) is 18.3 Å². The maximum atomic E-state index is 10.6. The van der Waals surface area contributed by atoms with E-state index >= 15 is 0 Å². The summed E-state index contributed by atoms with van der Waals surface area (Å²) in [7, 11) is 0. The van der Waals surface area contributed by atoms with E-state index in [9.17, 15) is 4.79 Å². The Morgan fingerprint density at radius 3 is 2.38 bits per heavy atom. The summed E-state index contributed by atoms with van der Waals surface area (Å²) in [4.78, 5) is 10.6. The fourth-order valence-corrected chi connectivity index (χ4v) is 1.25. The molecule has 0 saturated heterocycles. The van der Waals surface area contributed by atoms with Crippen molar-refractivity contribution in [3.05, 3.63) is 36.5 Å². The summed E-state index contributed by atoms with van der Waals surface area (Å²) in [6.07, 6.45) is 0.601. The van der Waals surface area contributed by atoms with Crippen molar-refractivity contribution < 1.29 is 9.90 Å². The third kappa shape index (κ3) is 3.15. The molecule has 86 valence electrons. The second kappa shape index (κ2) is 6.40. The molecular weight excluding hydrogens is 249 g/mol. The molecule has 2 rings (SSSR count). The van der Waals surface area contributed by atoms with Gasteiger partial charge in [-0.2, -0.15) is 0 Å². The van der Waals surface area contributed by atoms with Crippen molar-refractivity contribution in [2.45, 2.75) is 0 Å². The highest BCUT2D eigenvalue weighted by atomic mass is 35.5. The lowest BCUT2D eigenvalue weighted by molar-refractivity contribution is 0.197. The van der Waals surface area contributed by atoms with Crippen molar-refractivity contribution in [3.8, 4) is 0 Å². The monoisotopic (exact) mass is 259 g/mol. The minimum Gasteiger partial charge on any atom is -0.464 e. The minimum atomic E-state index is -0.948. The molecular formula is C11H11Cl2NO2. The van der Waals surface area contributed by atoms with E-state index in [0.717, 1.165) is 10.9 Å². The van der Waals surface area contributed by atoms with Gasteiger partial charge in [0.15, 0.2) is 0 Å². The predicted molar refractivity (Wildman–Crippen MR) is 66.8 cm³/mol. The zero-order chi connectivity index (χ0) is 12.0. The van der Waals surface area contributed by atoms with E-state index in [1.807, 2.05) is 18.2 Å². The molecule has 1 heterocycles. The maximum absolute atomic E-state index is 10.6. The van der Waals surface area contributed by atoms with Gasteiger partial charge in [-0.15, -0.1) is 23.2 Å². The van der Waals surface area contributed by atoms with Crippen molar-refractivity contribution in [1.29, 1.82) is 0 Å². The number of para-hydroxylation sites is 1. The summed E-state index contributed by atoms with van der Waals surface area (Å²) >= 11 is 10.1. The number of nitrogens with zero attached hydrogens (tertiary/aromatic N) is 1. The van der Waals surface area contributed by atoms with Crippen LogP contribution >= 0.6 is 23.2 Å². The molecule has 0 aliphatic heterocycles. The lowest BCUT2D eigenvalue weighted by atomic mass is 10.2. The Morgan fingerprint density at radius 1 is 1.19 bits per heavy atom. The summed E-state index contributed by atoms with van der Waals surface area (Å²) < 4.78 is 1.20. The smallest absolute Gasteiger partial charge is 0.415 e. The van der Waals surface area contributed by atoms with Crippen LogP contribution in [0.25, 0.3) is 10.9 Å². The summed E-state index contributed by atoms with van der Waals surface area (Å²) in [5, 5.41) is 9.68. The standard InChI is InChI=1S/C9H7NO2.C2H4Cl2/c11-9(12)10-6-5-7-3-1-2-4-8(7)10;3-1-2-4/h1-6H,(H,11,12);1-2H2. The van der Waals surface area contributed by atoms with Crippen molar-refractivity contribution in [2.75, 3.05) is 11.8 Å². The van der Waals surface area contributed by atoms with Gasteiger partial charge in [0.25, 0.3) is 0 Å². The highest BCUT2D eigenvalue weighted by Crippen LogP contribution is 2.14. The third-order valence-electron chi connectivity index (χ3n) is 1.88. The average molecular weight is 260 g/mol. The van der Waals surface area contributed by atoms with Crippen LogP contribution in [-0.4, -0.2) is 27.5 Å². The van der Waals surface area contributed by atoms with Crippen LogP contribution in [0.4, 0.5) is 4.79 Å². The second-order valence-electron chi connectivity index (χ2n) is 2.91. The first-order valence-electron chi connectivity index (χ1n) is 4.62. The molecule has 1 aromatic heterocycles. The number of fused-ring (bicyclic) bond motifs is 1. The van der Waals surface area contributed by atoms with E-state index in [0.29, 0.717) is 11.8 Å². The van der Waals surface area contributed by atoms with Gasteiger partial charge in [0, 0.05) is 23.3 Å². The first-order chi connectivity index (χ1) is 7.70. The molecule has 1 N–H and O–H groups in total. The molecule has 0 aliphatic rings. The van der Waals surface area contributed by atoms with Crippen LogP contribution in [0, 0.1) is 0 Å². The highest BCUT2D eigenvalue weighted by molar-refractivity contribution is 6.25. The Labute approximate surface area is 103 Å². The molecule has 0 bridgehead atoms. The van der Waals surface area contributed by atoms with Crippen LogP contribution in [0.1, 0.15) is 0 Å². The molecule has 1 aromatic carbocycles. The number of hydrogen-bond acceptors (Lipinski definition) is 1. The summed E-state index contributed by atoms with van der Waals surface area (Å²) in [5.41, 5.74) is 0.727. The molecule has 0 amide bonds. The molecule has 0 radical (unpaired) electrons. The molecule has 0 unspecified atom stereocenters. The van der Waals surface area contributed by atoms with Gasteiger partial charge in [0.1, 0.15) is 0 Å². The number of benzene rings is 1. The highest BCUT2D eigenvalue weighted by Gasteiger charge is 2.04. The predicted octanol–water partition coefficient (Wildman–Crippen LogP) is 3.63. The first-order valence-corrected chi connectivity index (χ1v) is 5.69. The second-order valence-corrected chi connectivity index (χ2v) is 3.66. The van der Waals surface area contributed by atoms with Crippen LogP contribution in [0.3, 0.4) is 0 Å². The topological polar surface area (TPSA) is 42.2 Å². The molecule has 0 atom stereocenters. The fourth-order valence-electron chi connectivity index (χ4n) is 1.25. The van der Waals surface area contributed by atoms with E-state index in [1.165, 1.54) is 4.57 Å². The zero-order valence-electron chi connectivity index (χ0n) is 8.44. The number of hydrogen-bond donors (Lipinski definition) is 1. The average Bonchev–Trinajstić information content (AvgIpc) is 2.73. The Bertz CT molecular complexity index is 466. The van der Waals surface area contributed by atoms with Gasteiger partial charge in [0.05, 0.1) is 5.52 Å². The molecule has 0 spiro atoms. The minimum absolute atomic E-state index is 0.557. The van der Waals surface area contributed by atoms with Crippen LogP contribution in [-0.2, 0) is 0 Å². The van der Waals surface area contributed by atoms with Gasteiger partial charge >= 0.3 is 6.09 Å². The summed E-state index contributed by atoms with van der Waals surface area (Å²) in [6, 6.07) is 9.15. The quantitative estimate of drug-likeness (QED) is 0.795. The maximum Gasteiger partial charge on any atom is 0.415 e. The van der Waals surface area contributed by atoms with Crippen molar-refractivity contribution in [3.63, 3.8) is 0 Å². The lowest BCUT2D eigenvalue weighted by Crippen LogP contribution is -2.05. The van der Waals surface area contributed by atoms with E-state index in [-0.39, 0.29) is 0 Å². The Hall–Kier alpha value is -1.19. The van der Waals surface area contributed by atoms with Crippen molar-refractivity contribution in [1.82, 2.24) is 4.57 Å². The van der Waals surface area contributed by atoms with Gasteiger partial charge in [-0.05, 0) is 12.1 Å². The normalized spacial score (nSPS) is 9.62. The largest absolute Gasteiger partial charge is 0.464 e. The van der Waals surface area contributed by atoms with Gasteiger partial charge in [-0.25, -0.2) is 4.79 Å². The first kappa shape index (κ1) is 12.9. The third-order valence-corrected chi connectivity index (χ3v) is 2.45. The van der Waals surface area contributed by atoms with Crippen molar-refractivity contribution >= 4 is 40.2 Å². The molecule has 3 nitrogen and oxygen atoms in total. The number of alkyl halides is 2. The lowest BCUT2D eigenvalue weighted by Gasteiger charge is -1.95. The zero-order valence-corrected chi connectivity index (χ0v) is 9.95. The molecule has 5 heteroatoms. The molecule has 0 fully saturated rings.